The predicted molar refractivity (Wildman–Crippen MR) is 50.5 cm³/mol. The van der Waals surface area contributed by atoms with Gasteiger partial charge in [-0.3, -0.25) is 4.79 Å². The van der Waals surface area contributed by atoms with Crippen molar-refractivity contribution in [3.63, 3.8) is 0 Å². The number of carbonyl (C=O) groups excluding carboxylic acids is 1. The Morgan fingerprint density at radius 1 is 1.42 bits per heavy atom. The van der Waals surface area contributed by atoms with Crippen LogP contribution in [-0.2, 0) is 4.79 Å². The molecule has 0 aliphatic rings. The molecule has 0 N–H and O–H groups in total. The van der Waals surface area contributed by atoms with Crippen LogP contribution in [0.4, 0.5) is 0 Å². The monoisotopic (exact) mass is 248 g/mol. The maximum atomic E-state index is 10.7. The second-order valence-corrected chi connectivity index (χ2v) is 3.24. The highest BCUT2D eigenvalue weighted by molar-refractivity contribution is 9.10. The molecule has 0 atom stereocenters. The van der Waals surface area contributed by atoms with Crippen molar-refractivity contribution in [1.29, 1.82) is 0 Å². The standard InChI is InChI=1S/C8H6BrClO2/c9-6-1-3-7(4-2-6)12-8(11)5-10/h1-4H,5H2. The van der Waals surface area contributed by atoms with Gasteiger partial charge in [0.05, 0.1) is 0 Å². The third-order valence-corrected chi connectivity index (χ3v) is 1.90. The Kier molecular flexibility index (Phi) is 3.56. The lowest BCUT2D eigenvalue weighted by atomic mass is 10.3. The second-order valence-electron chi connectivity index (χ2n) is 2.06. The minimum absolute atomic E-state index is 0.129. The average Bonchev–Trinajstić information content (AvgIpc) is 2.09. The second kappa shape index (κ2) is 4.48. The van der Waals surface area contributed by atoms with E-state index in [2.05, 4.69) is 15.9 Å². The van der Waals surface area contributed by atoms with E-state index in [0.29, 0.717) is 5.75 Å². The molecule has 0 fully saturated rings. The van der Waals surface area contributed by atoms with E-state index in [9.17, 15) is 4.79 Å². The third kappa shape index (κ3) is 2.83. The Hall–Kier alpha value is -0.540. The number of alkyl halides is 1. The van der Waals surface area contributed by atoms with Crippen molar-refractivity contribution in [2.24, 2.45) is 0 Å². The summed E-state index contributed by atoms with van der Waals surface area (Å²) in [5.41, 5.74) is 0. The summed E-state index contributed by atoms with van der Waals surface area (Å²) in [5.74, 6) is -0.0707. The summed E-state index contributed by atoms with van der Waals surface area (Å²) in [4.78, 5) is 10.7. The van der Waals surface area contributed by atoms with Gasteiger partial charge in [-0.1, -0.05) is 15.9 Å². The number of rotatable bonds is 2. The van der Waals surface area contributed by atoms with Crippen LogP contribution in [0.15, 0.2) is 28.7 Å². The van der Waals surface area contributed by atoms with Crippen molar-refractivity contribution in [3.8, 4) is 5.75 Å². The van der Waals surface area contributed by atoms with Crippen LogP contribution >= 0.6 is 27.5 Å². The molecular formula is C8H6BrClO2. The van der Waals surface area contributed by atoms with Crippen LogP contribution in [0.2, 0.25) is 0 Å². The first-order chi connectivity index (χ1) is 5.72. The van der Waals surface area contributed by atoms with E-state index >= 15 is 0 Å². The molecule has 0 aliphatic carbocycles. The average molecular weight is 249 g/mol. The quantitative estimate of drug-likeness (QED) is 0.457. The van der Waals surface area contributed by atoms with Crippen LogP contribution < -0.4 is 4.74 Å². The zero-order chi connectivity index (χ0) is 8.97. The minimum Gasteiger partial charge on any atom is -0.426 e. The van der Waals surface area contributed by atoms with Gasteiger partial charge in [-0.2, -0.15) is 0 Å². The van der Waals surface area contributed by atoms with E-state index in [1.807, 2.05) is 0 Å². The summed E-state index contributed by atoms with van der Waals surface area (Å²) in [6.07, 6.45) is 0. The Bertz CT molecular complexity index is 271. The number of hydrogen-bond donors (Lipinski definition) is 0. The summed E-state index contributed by atoms with van der Waals surface area (Å²) in [5, 5.41) is 0. The van der Waals surface area contributed by atoms with Gasteiger partial charge in [0, 0.05) is 4.47 Å². The van der Waals surface area contributed by atoms with Crippen LogP contribution in [0.3, 0.4) is 0 Å². The van der Waals surface area contributed by atoms with E-state index in [1.165, 1.54) is 0 Å². The van der Waals surface area contributed by atoms with Crippen molar-refractivity contribution >= 4 is 33.5 Å². The van der Waals surface area contributed by atoms with Gasteiger partial charge < -0.3 is 4.74 Å². The molecule has 2 nitrogen and oxygen atoms in total. The first-order valence-electron chi connectivity index (χ1n) is 3.24. The van der Waals surface area contributed by atoms with Crippen LogP contribution in [0, 0.1) is 0 Å². The number of esters is 1. The SMILES string of the molecule is O=C(CCl)Oc1ccc(Br)cc1. The zero-order valence-electron chi connectivity index (χ0n) is 6.09. The number of halogens is 2. The fraction of sp³-hybridized carbons (Fsp3) is 0.125. The summed E-state index contributed by atoms with van der Waals surface area (Å²) >= 11 is 8.51. The highest BCUT2D eigenvalue weighted by Gasteiger charge is 2.00. The topological polar surface area (TPSA) is 26.3 Å². The molecule has 64 valence electrons. The van der Waals surface area contributed by atoms with E-state index in [1.54, 1.807) is 24.3 Å². The van der Waals surface area contributed by atoms with Crippen molar-refractivity contribution in [3.05, 3.63) is 28.7 Å². The van der Waals surface area contributed by atoms with E-state index in [0.717, 1.165) is 4.47 Å². The van der Waals surface area contributed by atoms with E-state index in [-0.39, 0.29) is 5.88 Å². The molecule has 0 radical (unpaired) electrons. The molecular weight excluding hydrogens is 243 g/mol. The molecule has 0 saturated carbocycles. The first kappa shape index (κ1) is 9.55. The first-order valence-corrected chi connectivity index (χ1v) is 4.57. The number of benzene rings is 1. The van der Waals surface area contributed by atoms with E-state index in [4.69, 9.17) is 16.3 Å². The molecule has 0 bridgehead atoms. The molecule has 1 aromatic carbocycles. The van der Waals surface area contributed by atoms with Crippen molar-refractivity contribution < 1.29 is 9.53 Å². The molecule has 0 heterocycles. The van der Waals surface area contributed by atoms with Crippen molar-refractivity contribution in [1.82, 2.24) is 0 Å². The molecule has 0 unspecified atom stereocenters. The summed E-state index contributed by atoms with van der Waals surface area (Å²) in [6.45, 7) is 0. The normalized spacial score (nSPS) is 9.50. The van der Waals surface area contributed by atoms with Crippen LogP contribution in [0.1, 0.15) is 0 Å². The molecule has 4 heteroatoms. The Labute approximate surface area is 83.6 Å². The molecule has 0 saturated heterocycles. The smallest absolute Gasteiger partial charge is 0.326 e. The Balaban J connectivity index is 2.64. The van der Waals surface area contributed by atoms with Gasteiger partial charge in [0.1, 0.15) is 11.6 Å². The van der Waals surface area contributed by atoms with E-state index < -0.39 is 5.97 Å². The van der Waals surface area contributed by atoms with Gasteiger partial charge in [0.2, 0.25) is 0 Å². The van der Waals surface area contributed by atoms with Gasteiger partial charge in [0.25, 0.3) is 0 Å². The predicted octanol–water partition coefficient (Wildman–Crippen LogP) is 2.59. The van der Waals surface area contributed by atoms with Crippen molar-refractivity contribution in [2.45, 2.75) is 0 Å². The fourth-order valence-electron chi connectivity index (χ4n) is 0.661. The maximum Gasteiger partial charge on any atom is 0.326 e. The van der Waals surface area contributed by atoms with Gasteiger partial charge in [-0.05, 0) is 24.3 Å². The lowest BCUT2D eigenvalue weighted by molar-refractivity contribution is -0.131. The molecule has 0 aromatic heterocycles. The number of ether oxygens (including phenoxy) is 1. The largest absolute Gasteiger partial charge is 0.426 e. The summed E-state index contributed by atoms with van der Waals surface area (Å²) in [6, 6.07) is 6.96. The van der Waals surface area contributed by atoms with Gasteiger partial charge in [-0.25, -0.2) is 0 Å². The van der Waals surface area contributed by atoms with Crippen molar-refractivity contribution in [2.75, 3.05) is 5.88 Å². The maximum absolute atomic E-state index is 10.7. The lowest BCUT2D eigenvalue weighted by Crippen LogP contribution is -2.08. The Morgan fingerprint density at radius 3 is 2.50 bits per heavy atom. The van der Waals surface area contributed by atoms with Gasteiger partial charge in [-0.15, -0.1) is 11.6 Å². The lowest BCUT2D eigenvalue weighted by Gasteiger charge is -2.00. The summed E-state index contributed by atoms with van der Waals surface area (Å²) in [7, 11) is 0. The Morgan fingerprint density at radius 2 is 2.00 bits per heavy atom. The molecule has 0 aliphatic heterocycles. The minimum atomic E-state index is -0.445. The number of hydrogen-bond acceptors (Lipinski definition) is 2. The highest BCUT2D eigenvalue weighted by atomic mass is 79.9. The molecule has 0 spiro atoms. The summed E-state index contributed by atoms with van der Waals surface area (Å²) < 4.78 is 5.76. The molecule has 12 heavy (non-hydrogen) atoms. The molecule has 1 aromatic rings. The number of carbonyl (C=O) groups is 1. The van der Waals surface area contributed by atoms with Crippen LogP contribution in [0.5, 0.6) is 5.75 Å². The van der Waals surface area contributed by atoms with Crippen LogP contribution in [-0.4, -0.2) is 11.8 Å². The van der Waals surface area contributed by atoms with Crippen LogP contribution in [0.25, 0.3) is 0 Å². The van der Waals surface area contributed by atoms with Gasteiger partial charge in [0.15, 0.2) is 0 Å². The fourth-order valence-corrected chi connectivity index (χ4v) is 0.980. The molecule has 1 rings (SSSR count). The zero-order valence-corrected chi connectivity index (χ0v) is 8.43. The molecule has 0 amide bonds. The van der Waals surface area contributed by atoms with Gasteiger partial charge >= 0.3 is 5.97 Å². The highest BCUT2D eigenvalue weighted by Crippen LogP contribution is 2.16. The third-order valence-electron chi connectivity index (χ3n) is 1.15.